The van der Waals surface area contributed by atoms with Gasteiger partial charge in [0.05, 0.1) is 23.9 Å². The first-order chi connectivity index (χ1) is 9.85. The molecule has 0 saturated carbocycles. The Morgan fingerprint density at radius 3 is 2.65 bits per heavy atom. The molecule has 0 amide bonds. The number of nitrogens with one attached hydrogen (secondary N) is 1. The predicted octanol–water partition coefficient (Wildman–Crippen LogP) is 3.96. The summed E-state index contributed by atoms with van der Waals surface area (Å²) in [4.78, 5) is 0. The van der Waals surface area contributed by atoms with Crippen LogP contribution in [0.2, 0.25) is 0 Å². The van der Waals surface area contributed by atoms with Crippen molar-refractivity contribution < 1.29 is 4.74 Å². The normalized spacial score (nSPS) is 9.80. The van der Waals surface area contributed by atoms with E-state index < -0.39 is 0 Å². The van der Waals surface area contributed by atoms with Crippen LogP contribution in [0.15, 0.2) is 48.5 Å². The van der Waals surface area contributed by atoms with Crippen molar-refractivity contribution in [2.45, 2.75) is 19.9 Å². The number of nitriles is 1. The molecule has 2 aromatic carbocycles. The molecule has 0 spiro atoms. The summed E-state index contributed by atoms with van der Waals surface area (Å²) in [6.07, 6.45) is 0.978. The van der Waals surface area contributed by atoms with Crippen molar-refractivity contribution in [3.05, 3.63) is 59.7 Å². The Morgan fingerprint density at radius 1 is 1.10 bits per heavy atom. The summed E-state index contributed by atoms with van der Waals surface area (Å²) in [5.74, 6) is 0.851. The highest BCUT2D eigenvalue weighted by molar-refractivity contribution is 5.56. The van der Waals surface area contributed by atoms with Gasteiger partial charge in [-0.3, -0.25) is 0 Å². The molecular formula is C17H18N2O. The minimum atomic E-state index is 0.607. The molecule has 20 heavy (non-hydrogen) atoms. The molecule has 0 aliphatic rings. The van der Waals surface area contributed by atoms with Crippen molar-refractivity contribution in [1.29, 1.82) is 5.26 Å². The van der Waals surface area contributed by atoms with Crippen molar-refractivity contribution in [3.63, 3.8) is 0 Å². The molecule has 0 aromatic heterocycles. The van der Waals surface area contributed by atoms with Gasteiger partial charge in [0, 0.05) is 6.54 Å². The van der Waals surface area contributed by atoms with Crippen LogP contribution < -0.4 is 10.1 Å². The van der Waals surface area contributed by atoms with Gasteiger partial charge < -0.3 is 10.1 Å². The summed E-state index contributed by atoms with van der Waals surface area (Å²) in [6.45, 7) is 3.39. The van der Waals surface area contributed by atoms with Gasteiger partial charge in [0.1, 0.15) is 5.75 Å². The molecule has 3 nitrogen and oxygen atoms in total. The molecule has 2 aromatic rings. The number of hydrogen-bond donors (Lipinski definition) is 1. The first kappa shape index (κ1) is 14.0. The van der Waals surface area contributed by atoms with Crippen LogP contribution >= 0.6 is 0 Å². The summed E-state index contributed by atoms with van der Waals surface area (Å²) in [7, 11) is 0. The Morgan fingerprint density at radius 2 is 1.85 bits per heavy atom. The Labute approximate surface area is 119 Å². The lowest BCUT2D eigenvalue weighted by Gasteiger charge is -2.13. The van der Waals surface area contributed by atoms with Crippen LogP contribution in [-0.4, -0.2) is 6.61 Å². The summed E-state index contributed by atoms with van der Waals surface area (Å²) < 4.78 is 5.70. The zero-order chi connectivity index (χ0) is 14.2. The molecule has 0 saturated heterocycles. The summed E-state index contributed by atoms with van der Waals surface area (Å²) in [6, 6.07) is 17.7. The van der Waals surface area contributed by atoms with Crippen molar-refractivity contribution >= 4 is 5.69 Å². The minimum absolute atomic E-state index is 0.607. The van der Waals surface area contributed by atoms with E-state index in [-0.39, 0.29) is 0 Å². The first-order valence-corrected chi connectivity index (χ1v) is 6.79. The fraction of sp³-hybridized carbons (Fsp3) is 0.235. The Balaban J connectivity index is 2.09. The number of benzene rings is 2. The molecule has 0 aliphatic carbocycles. The maximum atomic E-state index is 9.08. The third-order valence-electron chi connectivity index (χ3n) is 2.96. The van der Waals surface area contributed by atoms with E-state index in [1.54, 1.807) is 0 Å². The average molecular weight is 266 g/mol. The molecule has 1 N–H and O–H groups in total. The Bertz CT molecular complexity index is 602. The SMILES string of the molecule is CCCOc1ccccc1NCc1ccccc1C#N. The lowest BCUT2D eigenvalue weighted by molar-refractivity contribution is 0.319. The van der Waals surface area contributed by atoms with Crippen LogP contribution in [0.4, 0.5) is 5.69 Å². The highest BCUT2D eigenvalue weighted by atomic mass is 16.5. The smallest absolute Gasteiger partial charge is 0.142 e. The highest BCUT2D eigenvalue weighted by Crippen LogP contribution is 2.24. The lowest BCUT2D eigenvalue weighted by atomic mass is 10.1. The second-order valence-corrected chi connectivity index (χ2v) is 4.47. The number of anilines is 1. The van der Waals surface area contributed by atoms with Gasteiger partial charge in [-0.25, -0.2) is 0 Å². The molecule has 2 rings (SSSR count). The number of ether oxygens (including phenoxy) is 1. The van der Waals surface area contributed by atoms with Crippen molar-refractivity contribution in [2.24, 2.45) is 0 Å². The van der Waals surface area contributed by atoms with Gasteiger partial charge >= 0.3 is 0 Å². The third-order valence-corrected chi connectivity index (χ3v) is 2.96. The maximum absolute atomic E-state index is 9.08. The van der Waals surface area contributed by atoms with Gasteiger partial charge in [-0.2, -0.15) is 5.26 Å². The van der Waals surface area contributed by atoms with Gasteiger partial charge in [0.15, 0.2) is 0 Å². The van der Waals surface area contributed by atoms with Gasteiger partial charge in [0.25, 0.3) is 0 Å². The Hall–Kier alpha value is -2.47. The number of rotatable bonds is 6. The van der Waals surface area contributed by atoms with E-state index in [9.17, 15) is 0 Å². The largest absolute Gasteiger partial charge is 0.491 e. The molecule has 3 heteroatoms. The van der Waals surface area contributed by atoms with Gasteiger partial charge in [-0.05, 0) is 30.2 Å². The van der Waals surface area contributed by atoms with Gasteiger partial charge in [-0.1, -0.05) is 37.3 Å². The Kier molecular flexibility index (Phi) is 5.02. The summed E-state index contributed by atoms with van der Waals surface area (Å²) in [5.41, 5.74) is 2.64. The van der Waals surface area contributed by atoms with Crippen LogP contribution in [0.5, 0.6) is 5.75 Å². The van der Waals surface area contributed by atoms with Gasteiger partial charge in [0.2, 0.25) is 0 Å². The quantitative estimate of drug-likeness (QED) is 0.860. The molecule has 0 fully saturated rings. The van der Waals surface area contributed by atoms with Crippen molar-refractivity contribution in [2.75, 3.05) is 11.9 Å². The first-order valence-electron chi connectivity index (χ1n) is 6.79. The highest BCUT2D eigenvalue weighted by Gasteiger charge is 2.04. The predicted molar refractivity (Wildman–Crippen MR) is 80.7 cm³/mol. The summed E-state index contributed by atoms with van der Waals surface area (Å²) in [5, 5.41) is 12.4. The molecule has 102 valence electrons. The fourth-order valence-corrected chi connectivity index (χ4v) is 1.92. The van der Waals surface area contributed by atoms with Crippen LogP contribution in [0.25, 0.3) is 0 Å². The minimum Gasteiger partial charge on any atom is -0.491 e. The number of para-hydroxylation sites is 2. The van der Waals surface area contributed by atoms with E-state index in [1.165, 1.54) is 0 Å². The van der Waals surface area contributed by atoms with E-state index in [4.69, 9.17) is 10.00 Å². The molecule has 0 atom stereocenters. The third kappa shape index (κ3) is 3.52. The maximum Gasteiger partial charge on any atom is 0.142 e. The number of nitrogens with zero attached hydrogens (tertiary/aromatic N) is 1. The molecular weight excluding hydrogens is 248 g/mol. The van der Waals surface area contributed by atoms with E-state index >= 15 is 0 Å². The second kappa shape index (κ2) is 7.20. The molecule has 0 bridgehead atoms. The van der Waals surface area contributed by atoms with E-state index in [1.807, 2.05) is 48.5 Å². The van der Waals surface area contributed by atoms with Crippen molar-refractivity contribution in [3.8, 4) is 11.8 Å². The van der Waals surface area contributed by atoms with Crippen LogP contribution in [0.3, 0.4) is 0 Å². The topological polar surface area (TPSA) is 45.0 Å². The van der Waals surface area contributed by atoms with Crippen LogP contribution in [0, 0.1) is 11.3 Å². The van der Waals surface area contributed by atoms with Crippen LogP contribution in [0.1, 0.15) is 24.5 Å². The zero-order valence-corrected chi connectivity index (χ0v) is 11.6. The fourth-order valence-electron chi connectivity index (χ4n) is 1.92. The van der Waals surface area contributed by atoms with Gasteiger partial charge in [-0.15, -0.1) is 0 Å². The number of hydrogen-bond acceptors (Lipinski definition) is 3. The van der Waals surface area contributed by atoms with Crippen molar-refractivity contribution in [1.82, 2.24) is 0 Å². The average Bonchev–Trinajstić information content (AvgIpc) is 2.52. The summed E-state index contributed by atoms with van der Waals surface area (Å²) >= 11 is 0. The standard InChI is InChI=1S/C17H18N2O/c1-2-11-20-17-10-6-5-9-16(17)19-13-15-8-4-3-7-14(15)12-18/h3-10,19H,2,11,13H2,1H3. The van der Waals surface area contributed by atoms with Crippen LogP contribution in [-0.2, 0) is 6.54 Å². The lowest BCUT2D eigenvalue weighted by Crippen LogP contribution is -2.04. The van der Waals surface area contributed by atoms with E-state index in [0.717, 1.165) is 23.4 Å². The molecule has 0 heterocycles. The molecule has 0 unspecified atom stereocenters. The second-order valence-electron chi connectivity index (χ2n) is 4.47. The molecule has 0 aliphatic heterocycles. The van der Waals surface area contributed by atoms with E-state index in [2.05, 4.69) is 18.3 Å². The van der Waals surface area contributed by atoms with E-state index in [0.29, 0.717) is 18.7 Å². The zero-order valence-electron chi connectivity index (χ0n) is 11.6. The molecule has 0 radical (unpaired) electrons. The monoisotopic (exact) mass is 266 g/mol.